The van der Waals surface area contributed by atoms with Crippen molar-refractivity contribution in [2.75, 3.05) is 79.3 Å². The molecule has 0 aliphatic carbocycles. The first-order chi connectivity index (χ1) is 32.7. The Balaban J connectivity index is 1.30. The number of halogens is 1. The lowest BCUT2D eigenvalue weighted by Gasteiger charge is -2.32. The smallest absolute Gasteiger partial charge is 0.191 e. The highest BCUT2D eigenvalue weighted by atomic mass is 35.5. The van der Waals surface area contributed by atoms with Crippen LogP contribution in [0.1, 0.15) is 158 Å². The van der Waals surface area contributed by atoms with Gasteiger partial charge >= 0.3 is 0 Å². The van der Waals surface area contributed by atoms with E-state index >= 15 is 0 Å². The molecule has 0 fully saturated rings. The standard InChI is InChI=1S/C56H89ClO8S2/c1-9-17-21-42(13-5)29-58-34-55(35-59-30-43(14-6)22-18-10-2)38-62-48-33-66-52(49(48)63-39-55)46-25-27-47(28-26-46)53-50-51(54(57)67-53)65-41-56(40-64-50,36-60-31-44(15-7)23-19-11-3)37-61-32-45(16-8)24-20-12-4/h25-28,33,42-45H,9-24,29-32,34-41H2,1-8H3. The molecule has 0 saturated carbocycles. The zero-order chi connectivity index (χ0) is 47.9. The van der Waals surface area contributed by atoms with Gasteiger partial charge in [0.15, 0.2) is 23.0 Å². The molecule has 2 aliphatic heterocycles. The molecule has 8 nitrogen and oxygen atoms in total. The molecule has 0 amide bonds. The second kappa shape index (κ2) is 30.0. The molecule has 4 unspecified atom stereocenters. The maximum Gasteiger partial charge on any atom is 0.191 e. The zero-order valence-corrected chi connectivity index (χ0v) is 45.3. The fourth-order valence-electron chi connectivity index (χ4n) is 9.13. The van der Waals surface area contributed by atoms with Gasteiger partial charge in [-0.25, -0.2) is 0 Å². The maximum atomic E-state index is 6.99. The third-order valence-corrected chi connectivity index (χ3v) is 16.6. The molecule has 0 bridgehead atoms. The predicted octanol–water partition coefficient (Wildman–Crippen LogP) is 16.2. The summed E-state index contributed by atoms with van der Waals surface area (Å²) in [6, 6.07) is 8.61. The summed E-state index contributed by atoms with van der Waals surface area (Å²) in [5.74, 6) is 5.09. The summed E-state index contributed by atoms with van der Waals surface area (Å²) >= 11 is 10.1. The minimum Gasteiger partial charge on any atom is -0.488 e. The van der Waals surface area contributed by atoms with Crippen molar-refractivity contribution >= 4 is 34.3 Å². The van der Waals surface area contributed by atoms with Crippen LogP contribution in [-0.4, -0.2) is 79.3 Å². The van der Waals surface area contributed by atoms with Crippen LogP contribution in [0, 0.1) is 34.5 Å². The molecule has 4 heterocycles. The quantitative estimate of drug-likeness (QED) is 0.0586. The van der Waals surface area contributed by atoms with Gasteiger partial charge in [-0.3, -0.25) is 0 Å². The Morgan fingerprint density at radius 2 is 0.851 bits per heavy atom. The van der Waals surface area contributed by atoms with Gasteiger partial charge in [0.2, 0.25) is 0 Å². The molecule has 11 heteroatoms. The number of benzene rings is 1. The van der Waals surface area contributed by atoms with E-state index < -0.39 is 10.8 Å². The molecule has 2 aliphatic rings. The molecule has 380 valence electrons. The second-order valence-electron chi connectivity index (χ2n) is 20.1. The summed E-state index contributed by atoms with van der Waals surface area (Å²) in [5, 5.41) is 2.08. The van der Waals surface area contributed by atoms with E-state index in [0.29, 0.717) is 92.4 Å². The molecule has 5 rings (SSSR count). The van der Waals surface area contributed by atoms with Crippen LogP contribution in [0.3, 0.4) is 0 Å². The molecule has 0 radical (unpaired) electrons. The molecule has 1 aromatic carbocycles. The monoisotopic (exact) mass is 989 g/mol. The minimum absolute atomic E-state index is 0.411. The van der Waals surface area contributed by atoms with E-state index in [4.69, 9.17) is 49.5 Å². The van der Waals surface area contributed by atoms with E-state index in [2.05, 4.69) is 85.0 Å². The zero-order valence-electron chi connectivity index (χ0n) is 43.0. The Labute approximate surface area is 419 Å². The Kier molecular flexibility index (Phi) is 25.0. The van der Waals surface area contributed by atoms with Gasteiger partial charge in [-0.05, 0) is 60.5 Å². The largest absolute Gasteiger partial charge is 0.488 e. The fraction of sp³-hybridized carbons (Fsp3) is 0.750. The first-order valence-electron chi connectivity index (χ1n) is 26.6. The average Bonchev–Trinajstić information content (AvgIpc) is 3.78. The van der Waals surface area contributed by atoms with Crippen molar-refractivity contribution in [2.24, 2.45) is 34.5 Å². The van der Waals surface area contributed by atoms with Gasteiger partial charge in [0.25, 0.3) is 0 Å². The van der Waals surface area contributed by atoms with Crippen LogP contribution in [0.25, 0.3) is 20.9 Å². The highest BCUT2D eigenvalue weighted by Crippen LogP contribution is 2.53. The fourth-order valence-corrected chi connectivity index (χ4v) is 11.4. The van der Waals surface area contributed by atoms with Crippen LogP contribution >= 0.6 is 34.3 Å². The van der Waals surface area contributed by atoms with Crippen molar-refractivity contribution in [1.82, 2.24) is 0 Å². The number of rotatable bonds is 34. The van der Waals surface area contributed by atoms with Gasteiger partial charge in [-0.1, -0.05) is 168 Å². The van der Waals surface area contributed by atoms with Gasteiger partial charge in [0.1, 0.15) is 30.8 Å². The van der Waals surface area contributed by atoms with Crippen molar-refractivity contribution in [1.29, 1.82) is 0 Å². The topological polar surface area (TPSA) is 73.8 Å². The molecular weight excluding hydrogens is 900 g/mol. The van der Waals surface area contributed by atoms with Crippen molar-refractivity contribution in [3.8, 4) is 43.9 Å². The summed E-state index contributed by atoms with van der Waals surface area (Å²) in [5.41, 5.74) is 1.19. The van der Waals surface area contributed by atoms with Crippen LogP contribution in [0.4, 0.5) is 0 Å². The highest BCUT2D eigenvalue weighted by molar-refractivity contribution is 7.20. The molecule has 3 aromatic rings. The van der Waals surface area contributed by atoms with Gasteiger partial charge in [-0.2, -0.15) is 0 Å². The van der Waals surface area contributed by atoms with Gasteiger partial charge in [-0.15, -0.1) is 22.7 Å². The highest BCUT2D eigenvalue weighted by Gasteiger charge is 2.40. The van der Waals surface area contributed by atoms with Gasteiger partial charge in [0, 0.05) is 31.8 Å². The summed E-state index contributed by atoms with van der Waals surface area (Å²) in [6.07, 6.45) is 19.0. The number of thiophene rings is 2. The normalized spacial score (nSPS) is 20.0. The predicted molar refractivity (Wildman–Crippen MR) is 281 cm³/mol. The Morgan fingerprint density at radius 1 is 0.493 bits per heavy atom. The van der Waals surface area contributed by atoms with Crippen LogP contribution in [-0.2, 0) is 18.9 Å². The Hall–Kier alpha value is -2.05. The minimum atomic E-state index is -0.471. The van der Waals surface area contributed by atoms with E-state index in [1.54, 1.807) is 11.3 Å². The lowest BCUT2D eigenvalue weighted by atomic mass is 9.91. The number of fused-ring (bicyclic) bond motifs is 2. The van der Waals surface area contributed by atoms with Crippen LogP contribution in [0.15, 0.2) is 29.6 Å². The summed E-state index contributed by atoms with van der Waals surface area (Å²) in [7, 11) is 0. The Bertz CT molecular complexity index is 1750. The first-order valence-corrected chi connectivity index (χ1v) is 28.6. The molecule has 67 heavy (non-hydrogen) atoms. The van der Waals surface area contributed by atoms with E-state index in [0.717, 1.165) is 84.5 Å². The first kappa shape index (κ1) is 55.9. The lowest BCUT2D eigenvalue weighted by Crippen LogP contribution is -2.43. The van der Waals surface area contributed by atoms with Gasteiger partial charge < -0.3 is 37.9 Å². The van der Waals surface area contributed by atoms with Crippen molar-refractivity contribution < 1.29 is 37.9 Å². The van der Waals surface area contributed by atoms with Crippen LogP contribution < -0.4 is 18.9 Å². The molecule has 0 N–H and O–H groups in total. The number of hydrogen-bond donors (Lipinski definition) is 0. The number of hydrogen-bond acceptors (Lipinski definition) is 10. The third kappa shape index (κ3) is 16.8. The molecular formula is C56H89ClO8S2. The van der Waals surface area contributed by atoms with Crippen molar-refractivity contribution in [3.63, 3.8) is 0 Å². The van der Waals surface area contributed by atoms with E-state index in [1.165, 1.54) is 88.4 Å². The second-order valence-corrected chi connectivity index (χ2v) is 22.6. The molecule has 0 spiro atoms. The van der Waals surface area contributed by atoms with Gasteiger partial charge in [0.05, 0.1) is 47.0 Å². The van der Waals surface area contributed by atoms with Crippen molar-refractivity contribution in [3.05, 3.63) is 34.0 Å². The SMILES string of the molecule is CCCCC(CC)COCC1(COCC(CC)CCCC)COc2csc(-c3ccc(-c4sc(Cl)c5c4OCC(COCC(CC)CCCC)(COCC(CC)CCCC)CO5)cc3)c2OC1. The third-order valence-electron chi connectivity index (χ3n) is 14.2. The van der Waals surface area contributed by atoms with Crippen LogP contribution in [0.2, 0.25) is 4.34 Å². The van der Waals surface area contributed by atoms with E-state index in [9.17, 15) is 0 Å². The molecule has 4 atom stereocenters. The number of unbranched alkanes of at least 4 members (excludes halogenated alkanes) is 4. The maximum absolute atomic E-state index is 6.99. The average molecular weight is 990 g/mol. The summed E-state index contributed by atoms with van der Waals surface area (Å²) in [4.78, 5) is 2.00. The van der Waals surface area contributed by atoms with E-state index in [1.807, 2.05) is 0 Å². The summed E-state index contributed by atoms with van der Waals surface area (Å²) in [6.45, 7) is 24.9. The lowest BCUT2D eigenvalue weighted by molar-refractivity contribution is -0.0715. The Morgan fingerprint density at radius 3 is 1.24 bits per heavy atom. The summed E-state index contributed by atoms with van der Waals surface area (Å²) < 4.78 is 53.6. The van der Waals surface area contributed by atoms with Crippen molar-refractivity contribution in [2.45, 2.75) is 158 Å². The van der Waals surface area contributed by atoms with Crippen LogP contribution in [0.5, 0.6) is 23.0 Å². The van der Waals surface area contributed by atoms with E-state index in [-0.39, 0.29) is 0 Å². The molecule has 0 saturated heterocycles. The molecule has 2 aromatic heterocycles. The number of ether oxygens (including phenoxy) is 8.